The van der Waals surface area contributed by atoms with Gasteiger partial charge in [0.1, 0.15) is 10.5 Å². The Hall–Kier alpha value is -2.29. The number of hydrogen-bond donors (Lipinski definition) is 0. The fourth-order valence-electron chi connectivity index (χ4n) is 4.52. The Balaban J connectivity index is 1.74. The molecule has 0 aromatic heterocycles. The highest BCUT2D eigenvalue weighted by Crippen LogP contribution is 2.30. The van der Waals surface area contributed by atoms with Crippen molar-refractivity contribution >= 4 is 76.4 Å². The largest absolute Gasteiger partial charge is 0.447 e. The van der Waals surface area contributed by atoms with Crippen LogP contribution in [-0.4, -0.2) is 28.1 Å². The lowest BCUT2D eigenvalue weighted by Crippen LogP contribution is -2.49. The second-order valence-corrected chi connectivity index (χ2v) is 16.1. The first kappa shape index (κ1) is 19.7. The van der Waals surface area contributed by atoms with Crippen LogP contribution in [0.3, 0.4) is 0 Å². The predicted molar refractivity (Wildman–Crippen MR) is 139 cm³/mol. The summed E-state index contributed by atoms with van der Waals surface area (Å²) in [5.74, 6) is 0. The number of hydrogen-bond acceptors (Lipinski definition) is 2. The van der Waals surface area contributed by atoms with Crippen molar-refractivity contribution < 1.29 is 8.23 Å². The number of rotatable bonds is 4. The highest BCUT2D eigenvalue weighted by atomic mass is 28.4. The maximum atomic E-state index is 6.50. The SMILES string of the molecule is C[SiH](O[SiH3])O[Si](C)(C)c1cccc2cc3cc4cc5ccccc5cc4cc3cc12. The summed E-state index contributed by atoms with van der Waals surface area (Å²) in [6.07, 6.45) is 0. The molecule has 1 atom stereocenters. The lowest BCUT2D eigenvalue weighted by Gasteiger charge is -2.28. The first-order valence-electron chi connectivity index (χ1n) is 10.4. The molecule has 5 heteroatoms. The highest BCUT2D eigenvalue weighted by Gasteiger charge is 2.29. The molecule has 1 unspecified atom stereocenters. The van der Waals surface area contributed by atoms with E-state index in [4.69, 9.17) is 8.23 Å². The van der Waals surface area contributed by atoms with Crippen LogP contribution in [0.1, 0.15) is 0 Å². The van der Waals surface area contributed by atoms with Crippen LogP contribution in [0.15, 0.2) is 78.9 Å². The molecule has 0 saturated heterocycles. The Bertz CT molecular complexity index is 1410. The molecule has 5 aromatic rings. The number of fused-ring (bicyclic) bond motifs is 4. The molecule has 0 aliphatic rings. The van der Waals surface area contributed by atoms with Crippen LogP contribution in [0.5, 0.6) is 0 Å². The van der Waals surface area contributed by atoms with Crippen molar-refractivity contribution in [3.8, 4) is 0 Å². The van der Waals surface area contributed by atoms with Gasteiger partial charge in [-0.2, -0.15) is 0 Å². The van der Waals surface area contributed by atoms with Crippen LogP contribution in [0.4, 0.5) is 0 Å². The lowest BCUT2D eigenvalue weighted by atomic mass is 9.97. The fraction of sp³-hybridized carbons (Fsp3) is 0.120. The van der Waals surface area contributed by atoms with E-state index in [0.29, 0.717) is 0 Å². The lowest BCUT2D eigenvalue weighted by molar-refractivity contribution is 0.456. The summed E-state index contributed by atoms with van der Waals surface area (Å²) in [4.78, 5) is 0. The van der Waals surface area contributed by atoms with Crippen molar-refractivity contribution in [2.45, 2.75) is 19.6 Å². The van der Waals surface area contributed by atoms with Crippen LogP contribution in [0.2, 0.25) is 19.6 Å². The predicted octanol–water partition coefficient (Wildman–Crippen LogP) is 4.88. The van der Waals surface area contributed by atoms with Gasteiger partial charge >= 0.3 is 0 Å². The second kappa shape index (κ2) is 7.44. The second-order valence-electron chi connectivity index (χ2n) is 8.56. The molecule has 0 heterocycles. The minimum atomic E-state index is -2.05. The first-order valence-corrected chi connectivity index (χ1v) is 16.3. The molecule has 30 heavy (non-hydrogen) atoms. The summed E-state index contributed by atoms with van der Waals surface area (Å²) in [6.45, 7) is 6.73. The molecule has 0 N–H and O–H groups in total. The highest BCUT2D eigenvalue weighted by molar-refractivity contribution is 6.89. The molecule has 0 radical (unpaired) electrons. The molecule has 0 amide bonds. The van der Waals surface area contributed by atoms with Crippen molar-refractivity contribution in [3.05, 3.63) is 78.9 Å². The zero-order chi connectivity index (χ0) is 20.9. The van der Waals surface area contributed by atoms with E-state index in [1.165, 1.54) is 48.3 Å². The van der Waals surface area contributed by atoms with Gasteiger partial charge in [0.15, 0.2) is 0 Å². The number of benzene rings is 5. The third-order valence-electron chi connectivity index (χ3n) is 6.10. The topological polar surface area (TPSA) is 18.5 Å². The Kier molecular flexibility index (Phi) is 4.88. The van der Waals surface area contributed by atoms with Gasteiger partial charge in [-0.3, -0.25) is 0 Å². The van der Waals surface area contributed by atoms with E-state index in [-0.39, 0.29) is 0 Å². The Morgan fingerprint density at radius 1 is 0.667 bits per heavy atom. The van der Waals surface area contributed by atoms with Crippen molar-refractivity contribution in [1.29, 1.82) is 0 Å². The van der Waals surface area contributed by atoms with Crippen LogP contribution in [0, 0.1) is 0 Å². The van der Waals surface area contributed by atoms with Gasteiger partial charge in [-0.05, 0) is 104 Å². The van der Waals surface area contributed by atoms with Crippen molar-refractivity contribution in [2.24, 2.45) is 0 Å². The van der Waals surface area contributed by atoms with E-state index in [1.54, 1.807) is 0 Å². The standard InChI is InChI=1S/C25H26O2Si3/c1-29(26-28)27-30(2,3)25-10-6-9-19-13-22-14-20-11-17-7-4-5-8-18(17)12-21(20)15-23(22)16-24(19)25/h4-16,29H,1-3,28H3. The van der Waals surface area contributed by atoms with Gasteiger partial charge in [0, 0.05) is 0 Å². The van der Waals surface area contributed by atoms with Crippen LogP contribution < -0.4 is 5.19 Å². The van der Waals surface area contributed by atoms with Gasteiger partial charge < -0.3 is 8.23 Å². The Morgan fingerprint density at radius 3 is 1.77 bits per heavy atom. The van der Waals surface area contributed by atoms with Crippen molar-refractivity contribution in [1.82, 2.24) is 0 Å². The molecule has 0 aliphatic heterocycles. The maximum absolute atomic E-state index is 6.50. The molecular formula is C25H26O2Si3. The zero-order valence-electron chi connectivity index (χ0n) is 17.9. The summed E-state index contributed by atoms with van der Waals surface area (Å²) >= 11 is 0. The Labute approximate surface area is 183 Å². The monoisotopic (exact) mass is 442 g/mol. The van der Waals surface area contributed by atoms with Gasteiger partial charge in [-0.15, -0.1) is 0 Å². The Morgan fingerprint density at radius 2 is 1.17 bits per heavy atom. The zero-order valence-corrected chi connectivity index (χ0v) is 22.1. The molecule has 2 nitrogen and oxygen atoms in total. The average molecular weight is 443 g/mol. The van der Waals surface area contributed by atoms with Gasteiger partial charge in [0.2, 0.25) is 8.32 Å². The maximum Gasteiger partial charge on any atom is 0.297 e. The van der Waals surface area contributed by atoms with E-state index in [2.05, 4.69) is 98.5 Å². The third-order valence-corrected chi connectivity index (χ3v) is 14.2. The molecule has 150 valence electrons. The van der Waals surface area contributed by atoms with Gasteiger partial charge in [0.05, 0.1) is 0 Å². The molecule has 5 aromatic carbocycles. The smallest absolute Gasteiger partial charge is 0.297 e. The van der Waals surface area contributed by atoms with Gasteiger partial charge in [-0.25, -0.2) is 0 Å². The average Bonchev–Trinajstić information content (AvgIpc) is 2.73. The molecule has 5 rings (SSSR count). The summed E-state index contributed by atoms with van der Waals surface area (Å²) in [7, 11) is -2.84. The first-order chi connectivity index (χ1) is 14.4. The molecule has 0 fully saturated rings. The van der Waals surface area contributed by atoms with E-state index < -0.39 is 17.6 Å². The van der Waals surface area contributed by atoms with E-state index in [9.17, 15) is 0 Å². The summed E-state index contributed by atoms with van der Waals surface area (Å²) in [5, 5.41) is 11.7. The fourth-order valence-corrected chi connectivity index (χ4v) is 11.0. The summed E-state index contributed by atoms with van der Waals surface area (Å²) in [6, 6.07) is 29.2. The quantitative estimate of drug-likeness (QED) is 0.292. The molecular weight excluding hydrogens is 417 g/mol. The van der Waals surface area contributed by atoms with Crippen molar-refractivity contribution in [2.75, 3.05) is 0 Å². The molecule has 0 aliphatic carbocycles. The van der Waals surface area contributed by atoms with Crippen LogP contribution in [-0.2, 0) is 8.23 Å². The molecule has 0 bridgehead atoms. The normalized spacial score (nSPS) is 13.6. The van der Waals surface area contributed by atoms with E-state index >= 15 is 0 Å². The van der Waals surface area contributed by atoms with Crippen LogP contribution >= 0.6 is 0 Å². The van der Waals surface area contributed by atoms with Crippen molar-refractivity contribution in [3.63, 3.8) is 0 Å². The third kappa shape index (κ3) is 3.42. The summed E-state index contributed by atoms with van der Waals surface area (Å²) < 4.78 is 12.2. The molecule has 0 spiro atoms. The van der Waals surface area contributed by atoms with Gasteiger partial charge in [0.25, 0.3) is 9.28 Å². The van der Waals surface area contributed by atoms with E-state index in [0.717, 1.165) is 10.5 Å². The van der Waals surface area contributed by atoms with Gasteiger partial charge in [-0.1, -0.05) is 42.5 Å². The molecule has 0 saturated carbocycles. The minimum Gasteiger partial charge on any atom is -0.447 e. The summed E-state index contributed by atoms with van der Waals surface area (Å²) in [5.41, 5.74) is 0. The minimum absolute atomic E-state index is 0.746. The van der Waals surface area contributed by atoms with E-state index in [1.807, 2.05) is 0 Å². The van der Waals surface area contributed by atoms with Crippen LogP contribution in [0.25, 0.3) is 43.1 Å².